The van der Waals surface area contributed by atoms with Crippen LogP contribution in [0.2, 0.25) is 5.15 Å². The molecule has 2 amide bonds. The molecule has 8 nitrogen and oxygen atoms in total. The lowest BCUT2D eigenvalue weighted by atomic mass is 10.1. The van der Waals surface area contributed by atoms with Gasteiger partial charge in [-0.2, -0.15) is 0 Å². The normalized spacial score (nSPS) is 17.2. The summed E-state index contributed by atoms with van der Waals surface area (Å²) in [5, 5.41) is 10.1. The molecule has 1 atom stereocenters. The molecule has 1 fully saturated rings. The summed E-state index contributed by atoms with van der Waals surface area (Å²) in [6, 6.07) is 6.77. The van der Waals surface area contributed by atoms with E-state index < -0.39 is 36.9 Å². The quantitative estimate of drug-likeness (QED) is 0.563. The molecule has 31 heavy (non-hydrogen) atoms. The number of hydrogen-bond acceptors (Lipinski definition) is 7. The molecule has 0 bridgehead atoms. The number of rotatable bonds is 9. The summed E-state index contributed by atoms with van der Waals surface area (Å²) in [4.78, 5) is 25.4. The number of amides is 2. The van der Waals surface area contributed by atoms with Gasteiger partial charge in [-0.05, 0) is 31.0 Å². The van der Waals surface area contributed by atoms with Crippen molar-refractivity contribution in [2.24, 2.45) is 0 Å². The number of aromatic nitrogens is 2. The van der Waals surface area contributed by atoms with Crippen molar-refractivity contribution in [3.8, 4) is 0 Å². The Morgan fingerprint density at radius 1 is 1.23 bits per heavy atom. The minimum absolute atomic E-state index is 0.0229. The van der Waals surface area contributed by atoms with E-state index in [4.69, 9.17) is 22.1 Å². The zero-order valence-corrected chi connectivity index (χ0v) is 17.1. The number of nitrogens with one attached hydrogen (secondary N) is 1. The van der Waals surface area contributed by atoms with Crippen molar-refractivity contribution in [2.45, 2.75) is 30.9 Å². The first-order chi connectivity index (χ1) is 14.7. The number of fused-ring (bicyclic) bond motifs is 1. The third-order valence-electron chi connectivity index (χ3n) is 5.07. The third-order valence-corrected chi connectivity index (χ3v) is 5.36. The number of anilines is 1. The third kappa shape index (κ3) is 4.81. The summed E-state index contributed by atoms with van der Waals surface area (Å²) in [7, 11) is 0. The number of benzene rings is 1. The topological polar surface area (TPSA) is 110 Å². The summed E-state index contributed by atoms with van der Waals surface area (Å²) in [5.41, 5.74) is 6.29. The standard InChI is InChI=1S/C20H20ClF2N5O3/c21-17-14(7-16(24)26-27-17)15(8-31-11-5-6-11)25-9-20(22,23)10-28-18(29)12-3-1-2-4-13(12)19(28)30/h1-4,7,11,15,25H,5-6,8-10H2,(H2,24,26). The Bertz CT molecular complexity index is 983. The van der Waals surface area contributed by atoms with Gasteiger partial charge in [-0.25, -0.2) is 8.78 Å². The SMILES string of the molecule is Nc1cc(C(COC2CC2)NCC(F)(F)CN2C(=O)c3ccccc3C2=O)c(Cl)nn1. The molecule has 1 aliphatic carbocycles. The van der Waals surface area contributed by atoms with Crippen molar-refractivity contribution in [3.05, 3.63) is 52.2 Å². The van der Waals surface area contributed by atoms with Gasteiger partial charge in [-0.1, -0.05) is 23.7 Å². The molecule has 0 radical (unpaired) electrons. The van der Waals surface area contributed by atoms with Gasteiger partial charge in [0.2, 0.25) is 0 Å². The zero-order chi connectivity index (χ0) is 22.2. The van der Waals surface area contributed by atoms with Gasteiger partial charge < -0.3 is 15.8 Å². The molecular formula is C20H20ClF2N5O3. The van der Waals surface area contributed by atoms with Gasteiger partial charge in [0.25, 0.3) is 17.7 Å². The molecule has 2 aromatic rings. The minimum atomic E-state index is -3.40. The average Bonchev–Trinajstić information content (AvgIpc) is 3.54. The number of imide groups is 1. The van der Waals surface area contributed by atoms with Crippen LogP contribution in [0.1, 0.15) is 45.2 Å². The number of hydrogen-bond donors (Lipinski definition) is 2. The Labute approximate surface area is 181 Å². The lowest BCUT2D eigenvalue weighted by molar-refractivity contribution is -0.0258. The van der Waals surface area contributed by atoms with Gasteiger partial charge in [-0.15, -0.1) is 10.2 Å². The second kappa shape index (κ2) is 8.45. The highest BCUT2D eigenvalue weighted by Crippen LogP contribution is 2.29. The highest BCUT2D eigenvalue weighted by molar-refractivity contribution is 6.30. The van der Waals surface area contributed by atoms with Crippen LogP contribution in [0.3, 0.4) is 0 Å². The molecule has 1 unspecified atom stereocenters. The van der Waals surface area contributed by atoms with E-state index >= 15 is 0 Å². The molecule has 2 heterocycles. The van der Waals surface area contributed by atoms with Crippen LogP contribution >= 0.6 is 11.6 Å². The van der Waals surface area contributed by atoms with E-state index in [0.29, 0.717) is 10.5 Å². The van der Waals surface area contributed by atoms with Crippen LogP contribution in [-0.4, -0.2) is 58.6 Å². The molecule has 4 rings (SSSR count). The predicted molar refractivity (Wildman–Crippen MR) is 108 cm³/mol. The van der Waals surface area contributed by atoms with Crippen molar-refractivity contribution in [1.29, 1.82) is 0 Å². The number of nitrogens with two attached hydrogens (primary N) is 1. The molecule has 1 saturated carbocycles. The first kappa shape index (κ1) is 21.5. The van der Waals surface area contributed by atoms with Crippen molar-refractivity contribution in [3.63, 3.8) is 0 Å². The molecule has 1 aromatic heterocycles. The molecule has 11 heteroatoms. The lowest BCUT2D eigenvalue weighted by Crippen LogP contribution is -2.46. The fourth-order valence-corrected chi connectivity index (χ4v) is 3.54. The summed E-state index contributed by atoms with van der Waals surface area (Å²) >= 11 is 6.09. The van der Waals surface area contributed by atoms with Crippen molar-refractivity contribution < 1.29 is 23.1 Å². The van der Waals surface area contributed by atoms with E-state index in [-0.39, 0.29) is 34.8 Å². The number of nitrogens with zero attached hydrogens (tertiary/aromatic N) is 3. The highest BCUT2D eigenvalue weighted by atomic mass is 35.5. The molecule has 1 aliphatic heterocycles. The number of halogens is 3. The first-order valence-electron chi connectivity index (χ1n) is 9.72. The minimum Gasteiger partial charge on any atom is -0.382 e. The smallest absolute Gasteiger partial charge is 0.278 e. The maximum atomic E-state index is 14.8. The maximum absolute atomic E-state index is 14.8. The Kier molecular flexibility index (Phi) is 5.87. The predicted octanol–water partition coefficient (Wildman–Crippen LogP) is 2.45. The molecule has 2 aliphatic rings. The Morgan fingerprint density at radius 2 is 1.87 bits per heavy atom. The van der Waals surface area contributed by atoms with Crippen molar-refractivity contribution >= 4 is 29.2 Å². The number of carbonyl (C=O) groups is 2. The fourth-order valence-electron chi connectivity index (χ4n) is 3.32. The van der Waals surface area contributed by atoms with Crippen LogP contribution in [0.5, 0.6) is 0 Å². The van der Waals surface area contributed by atoms with Gasteiger partial charge in [0.05, 0.1) is 43.0 Å². The van der Waals surface area contributed by atoms with E-state index in [1.165, 1.54) is 18.2 Å². The molecule has 3 N–H and O–H groups in total. The fraction of sp³-hybridized carbons (Fsp3) is 0.400. The second-order valence-corrected chi connectivity index (χ2v) is 7.94. The second-order valence-electron chi connectivity index (χ2n) is 7.58. The highest BCUT2D eigenvalue weighted by Gasteiger charge is 2.42. The molecule has 164 valence electrons. The van der Waals surface area contributed by atoms with Gasteiger partial charge >= 0.3 is 0 Å². The van der Waals surface area contributed by atoms with Gasteiger partial charge in [0.1, 0.15) is 5.82 Å². The van der Waals surface area contributed by atoms with Crippen LogP contribution in [0.4, 0.5) is 14.6 Å². The molecule has 0 spiro atoms. The van der Waals surface area contributed by atoms with Crippen molar-refractivity contribution in [2.75, 3.05) is 25.4 Å². The maximum Gasteiger partial charge on any atom is 0.278 e. The summed E-state index contributed by atoms with van der Waals surface area (Å²) in [6.45, 7) is -1.79. The van der Waals surface area contributed by atoms with E-state index in [1.54, 1.807) is 12.1 Å². The van der Waals surface area contributed by atoms with Crippen LogP contribution in [0.15, 0.2) is 30.3 Å². The number of alkyl halides is 2. The molecule has 0 saturated heterocycles. The summed E-state index contributed by atoms with van der Waals surface area (Å²) < 4.78 is 35.2. The zero-order valence-electron chi connectivity index (χ0n) is 16.4. The van der Waals surface area contributed by atoms with Gasteiger partial charge in [0, 0.05) is 5.56 Å². The number of carbonyl (C=O) groups excluding carboxylic acids is 2. The van der Waals surface area contributed by atoms with Crippen LogP contribution in [0, 0.1) is 0 Å². The van der Waals surface area contributed by atoms with E-state index in [2.05, 4.69) is 15.5 Å². The van der Waals surface area contributed by atoms with Crippen molar-refractivity contribution in [1.82, 2.24) is 20.4 Å². The monoisotopic (exact) mass is 451 g/mol. The summed E-state index contributed by atoms with van der Waals surface area (Å²) in [5.74, 6) is -4.77. The largest absolute Gasteiger partial charge is 0.382 e. The molecular weight excluding hydrogens is 432 g/mol. The van der Waals surface area contributed by atoms with Crippen LogP contribution in [-0.2, 0) is 4.74 Å². The Hall–Kier alpha value is -2.69. The van der Waals surface area contributed by atoms with Crippen LogP contribution in [0.25, 0.3) is 0 Å². The van der Waals surface area contributed by atoms with Gasteiger partial charge in [0.15, 0.2) is 5.15 Å². The Balaban J connectivity index is 1.45. The number of ether oxygens (including phenoxy) is 1. The molecule has 1 aromatic carbocycles. The van der Waals surface area contributed by atoms with Crippen LogP contribution < -0.4 is 11.1 Å². The number of nitrogen functional groups attached to an aromatic ring is 1. The van der Waals surface area contributed by atoms with E-state index in [1.807, 2.05) is 0 Å². The van der Waals surface area contributed by atoms with E-state index in [9.17, 15) is 18.4 Å². The first-order valence-corrected chi connectivity index (χ1v) is 10.1. The van der Waals surface area contributed by atoms with Gasteiger partial charge in [-0.3, -0.25) is 14.5 Å². The summed E-state index contributed by atoms with van der Waals surface area (Å²) in [6.07, 6.45) is 1.91. The Morgan fingerprint density at radius 3 is 2.48 bits per heavy atom. The van der Waals surface area contributed by atoms with E-state index in [0.717, 1.165) is 12.8 Å². The lowest BCUT2D eigenvalue weighted by Gasteiger charge is -2.26. The average molecular weight is 452 g/mol.